The third-order valence-corrected chi connectivity index (χ3v) is 7.22. The van der Waals surface area contributed by atoms with E-state index < -0.39 is 0 Å². The molecule has 0 aliphatic carbocycles. The van der Waals surface area contributed by atoms with Crippen LogP contribution in [0, 0.1) is 0 Å². The third kappa shape index (κ3) is 39.9. The van der Waals surface area contributed by atoms with Crippen molar-refractivity contribution in [3.05, 3.63) is 35.9 Å². The molecule has 306 valence electrons. The Bertz CT molecular complexity index is 778. The zero-order valence-corrected chi connectivity index (χ0v) is 32.3. The van der Waals surface area contributed by atoms with Gasteiger partial charge < -0.3 is 61.6 Å². The van der Waals surface area contributed by atoms with E-state index in [9.17, 15) is 0 Å². The van der Waals surface area contributed by atoms with E-state index in [1.54, 1.807) is 0 Å². The van der Waals surface area contributed by atoms with Crippen molar-refractivity contribution in [2.45, 2.75) is 52.1 Å². The highest BCUT2D eigenvalue weighted by Crippen LogP contribution is 2.05. The Labute approximate surface area is 314 Å². The van der Waals surface area contributed by atoms with Crippen LogP contribution in [-0.2, 0) is 68.2 Å². The molecule has 13 nitrogen and oxygen atoms in total. The molecule has 0 fully saturated rings. The summed E-state index contributed by atoms with van der Waals surface area (Å²) in [5.74, 6) is 0. The molecule has 0 bridgehead atoms. The summed E-state index contributed by atoms with van der Waals surface area (Å²) in [5.41, 5.74) is 1.16. The van der Waals surface area contributed by atoms with E-state index in [2.05, 4.69) is 6.92 Å². The van der Waals surface area contributed by atoms with E-state index in [0.29, 0.717) is 165 Å². The van der Waals surface area contributed by atoms with Crippen LogP contribution in [0.1, 0.15) is 51.0 Å². The molecule has 0 unspecified atom stereocenters. The number of rotatable bonds is 45. The maximum absolute atomic E-state index is 5.59. The quantitative estimate of drug-likeness (QED) is 0.0854. The van der Waals surface area contributed by atoms with Gasteiger partial charge in [0.25, 0.3) is 0 Å². The highest BCUT2D eigenvalue weighted by molar-refractivity contribution is 5.13. The molecular formula is C39H72O13. The molecule has 0 N–H and O–H groups in total. The predicted octanol–water partition coefficient (Wildman–Crippen LogP) is 4.76. The van der Waals surface area contributed by atoms with Crippen molar-refractivity contribution < 1.29 is 61.6 Å². The van der Waals surface area contributed by atoms with Gasteiger partial charge in [-0.05, 0) is 12.0 Å². The van der Waals surface area contributed by atoms with Gasteiger partial charge in [0.15, 0.2) is 0 Å². The van der Waals surface area contributed by atoms with Crippen LogP contribution >= 0.6 is 0 Å². The van der Waals surface area contributed by atoms with Gasteiger partial charge in [0, 0.05) is 6.61 Å². The summed E-state index contributed by atoms with van der Waals surface area (Å²) in [6, 6.07) is 10.1. The maximum atomic E-state index is 5.59. The van der Waals surface area contributed by atoms with E-state index in [-0.39, 0.29) is 0 Å². The van der Waals surface area contributed by atoms with Gasteiger partial charge in [-0.25, -0.2) is 0 Å². The molecule has 0 amide bonds. The SMILES string of the molecule is CCCCCCCCOCCOCCOCCOCCOCCOCCOCCOCCOCCOCCOCCOCCOCc1ccccc1. The highest BCUT2D eigenvalue weighted by atomic mass is 16.6. The van der Waals surface area contributed by atoms with Crippen molar-refractivity contribution in [3.63, 3.8) is 0 Å². The van der Waals surface area contributed by atoms with Crippen LogP contribution < -0.4 is 0 Å². The summed E-state index contributed by atoms with van der Waals surface area (Å²) >= 11 is 0. The Kier molecular flexibility index (Phi) is 41.3. The molecule has 1 rings (SSSR count). The van der Waals surface area contributed by atoms with E-state index in [0.717, 1.165) is 18.6 Å². The Morgan fingerprint density at radius 1 is 0.269 bits per heavy atom. The van der Waals surface area contributed by atoms with E-state index in [1.165, 1.54) is 32.1 Å². The smallest absolute Gasteiger partial charge is 0.0718 e. The standard InChI is InChI=1S/C39H72O13/c1-2-3-4-5-6-10-13-40-14-15-41-16-17-42-18-19-43-20-21-44-22-23-45-24-25-46-26-27-47-28-29-48-30-31-49-32-33-50-34-35-51-36-37-52-38-39-11-8-7-9-12-39/h7-9,11-12H,2-6,10,13-38H2,1H3. The molecule has 0 aromatic heterocycles. The van der Waals surface area contributed by atoms with Gasteiger partial charge in [0.2, 0.25) is 0 Å². The van der Waals surface area contributed by atoms with Gasteiger partial charge in [-0.1, -0.05) is 69.4 Å². The summed E-state index contributed by atoms with van der Waals surface area (Å²) in [7, 11) is 0. The lowest BCUT2D eigenvalue weighted by Gasteiger charge is -2.09. The second-order valence-corrected chi connectivity index (χ2v) is 11.7. The highest BCUT2D eigenvalue weighted by Gasteiger charge is 1.98. The fourth-order valence-electron chi connectivity index (χ4n) is 4.39. The van der Waals surface area contributed by atoms with Crippen molar-refractivity contribution >= 4 is 0 Å². The Morgan fingerprint density at radius 3 is 0.827 bits per heavy atom. The zero-order valence-electron chi connectivity index (χ0n) is 32.3. The monoisotopic (exact) mass is 748 g/mol. The van der Waals surface area contributed by atoms with Gasteiger partial charge in [0.1, 0.15) is 0 Å². The minimum Gasteiger partial charge on any atom is -0.379 e. The first-order chi connectivity index (χ1) is 25.9. The van der Waals surface area contributed by atoms with Crippen molar-refractivity contribution in [2.24, 2.45) is 0 Å². The Balaban J connectivity index is 1.60. The minimum atomic E-state index is 0.512. The molecule has 52 heavy (non-hydrogen) atoms. The molecule has 13 heteroatoms. The summed E-state index contributed by atoms with van der Waals surface area (Å²) in [5, 5.41) is 0. The molecule has 0 aliphatic rings. The lowest BCUT2D eigenvalue weighted by atomic mass is 10.1. The number of benzene rings is 1. The lowest BCUT2D eigenvalue weighted by Crippen LogP contribution is -2.15. The van der Waals surface area contributed by atoms with Crippen molar-refractivity contribution in [3.8, 4) is 0 Å². The van der Waals surface area contributed by atoms with Crippen molar-refractivity contribution in [2.75, 3.05) is 165 Å². The number of hydrogen-bond acceptors (Lipinski definition) is 13. The Hall–Kier alpha value is -1.30. The molecule has 0 spiro atoms. The van der Waals surface area contributed by atoms with Crippen LogP contribution in [-0.4, -0.2) is 165 Å². The first kappa shape index (κ1) is 48.7. The summed E-state index contributed by atoms with van der Waals surface area (Å²) in [4.78, 5) is 0. The molecular weight excluding hydrogens is 676 g/mol. The van der Waals surface area contributed by atoms with E-state index in [1.807, 2.05) is 30.3 Å². The summed E-state index contributed by atoms with van der Waals surface area (Å²) < 4.78 is 71.7. The average molecular weight is 749 g/mol. The fourth-order valence-corrected chi connectivity index (χ4v) is 4.39. The fraction of sp³-hybridized carbons (Fsp3) is 0.846. The van der Waals surface area contributed by atoms with Gasteiger partial charge in [-0.2, -0.15) is 0 Å². The second-order valence-electron chi connectivity index (χ2n) is 11.7. The molecule has 0 heterocycles. The van der Waals surface area contributed by atoms with Gasteiger partial charge in [-0.15, -0.1) is 0 Å². The third-order valence-electron chi connectivity index (χ3n) is 7.22. The summed E-state index contributed by atoms with van der Waals surface area (Å²) in [6.07, 6.45) is 7.68. The second kappa shape index (κ2) is 44.1. The molecule has 1 aromatic rings. The van der Waals surface area contributed by atoms with Crippen LogP contribution in [0.5, 0.6) is 0 Å². The molecule has 0 aliphatic heterocycles. The molecule has 0 saturated carbocycles. The number of unbranched alkanes of at least 4 members (excludes halogenated alkanes) is 5. The van der Waals surface area contributed by atoms with Crippen molar-refractivity contribution in [1.29, 1.82) is 0 Å². The van der Waals surface area contributed by atoms with Crippen LogP contribution in [0.15, 0.2) is 30.3 Å². The largest absolute Gasteiger partial charge is 0.379 e. The van der Waals surface area contributed by atoms with Gasteiger partial charge in [-0.3, -0.25) is 0 Å². The molecule has 0 saturated heterocycles. The van der Waals surface area contributed by atoms with Crippen molar-refractivity contribution in [1.82, 2.24) is 0 Å². The summed E-state index contributed by atoms with van der Waals surface area (Å²) in [6.45, 7) is 16.5. The topological polar surface area (TPSA) is 120 Å². The van der Waals surface area contributed by atoms with E-state index in [4.69, 9.17) is 61.6 Å². The normalized spacial score (nSPS) is 11.6. The predicted molar refractivity (Wildman–Crippen MR) is 199 cm³/mol. The van der Waals surface area contributed by atoms with Crippen LogP contribution in [0.3, 0.4) is 0 Å². The van der Waals surface area contributed by atoms with Crippen LogP contribution in [0.2, 0.25) is 0 Å². The minimum absolute atomic E-state index is 0.512. The molecule has 1 aromatic carbocycles. The first-order valence-corrected chi connectivity index (χ1v) is 19.5. The average Bonchev–Trinajstić information content (AvgIpc) is 3.17. The van der Waals surface area contributed by atoms with Crippen LogP contribution in [0.4, 0.5) is 0 Å². The molecule has 0 radical (unpaired) electrons. The lowest BCUT2D eigenvalue weighted by molar-refractivity contribution is -0.0292. The number of ether oxygens (including phenoxy) is 13. The Morgan fingerprint density at radius 2 is 0.519 bits per heavy atom. The van der Waals surface area contributed by atoms with Crippen LogP contribution in [0.25, 0.3) is 0 Å². The number of hydrogen-bond donors (Lipinski definition) is 0. The molecule has 0 atom stereocenters. The van der Waals surface area contributed by atoms with Gasteiger partial charge in [0.05, 0.1) is 165 Å². The van der Waals surface area contributed by atoms with E-state index >= 15 is 0 Å². The maximum Gasteiger partial charge on any atom is 0.0718 e. The zero-order chi connectivity index (χ0) is 36.9. The van der Waals surface area contributed by atoms with Gasteiger partial charge >= 0.3 is 0 Å². The first-order valence-electron chi connectivity index (χ1n) is 19.5.